The van der Waals surface area contributed by atoms with Crippen LogP contribution < -0.4 is 10.6 Å². The summed E-state index contributed by atoms with van der Waals surface area (Å²) >= 11 is 1.70. The number of nitrogens with zero attached hydrogens (tertiary/aromatic N) is 3. The smallest absolute Gasteiger partial charge is 0.354 e. The fourth-order valence-electron chi connectivity index (χ4n) is 2.92. The zero-order chi connectivity index (χ0) is 19.9. The quantitative estimate of drug-likeness (QED) is 0.336. The molecule has 1 aliphatic rings. The van der Waals surface area contributed by atoms with Gasteiger partial charge >= 0.3 is 6.18 Å². The lowest BCUT2D eigenvalue weighted by atomic mass is 10.0. The fraction of sp³-hybridized carbons (Fsp3) is 0.647. The molecular formula is C17H27F3IN5OS. The first-order valence-electron chi connectivity index (χ1n) is 8.78. The van der Waals surface area contributed by atoms with Gasteiger partial charge in [0.05, 0.1) is 6.54 Å². The molecule has 1 aromatic rings. The Hall–Kier alpha value is -1.08. The highest BCUT2D eigenvalue weighted by Crippen LogP contribution is 2.16. The first kappa shape index (κ1) is 25.0. The van der Waals surface area contributed by atoms with Gasteiger partial charge in [0.1, 0.15) is 6.54 Å². The van der Waals surface area contributed by atoms with Crippen molar-refractivity contribution in [3.8, 4) is 0 Å². The molecule has 0 aliphatic carbocycles. The molecule has 0 bridgehead atoms. The van der Waals surface area contributed by atoms with Gasteiger partial charge in [0.25, 0.3) is 0 Å². The van der Waals surface area contributed by atoms with Crippen LogP contribution in [-0.4, -0.2) is 74.2 Å². The molecule has 0 spiro atoms. The maximum absolute atomic E-state index is 12.3. The lowest BCUT2D eigenvalue weighted by Crippen LogP contribution is -2.50. The number of guanidine groups is 1. The van der Waals surface area contributed by atoms with E-state index in [1.807, 2.05) is 0 Å². The number of carbonyl (C=O) groups excluding carboxylic acids is 1. The maximum Gasteiger partial charge on any atom is 0.406 e. The van der Waals surface area contributed by atoms with Crippen LogP contribution in [0.5, 0.6) is 0 Å². The summed E-state index contributed by atoms with van der Waals surface area (Å²) in [4.78, 5) is 18.9. The van der Waals surface area contributed by atoms with Crippen molar-refractivity contribution in [3.05, 3.63) is 22.4 Å². The van der Waals surface area contributed by atoms with Crippen LogP contribution in [-0.2, 0) is 11.3 Å². The molecule has 0 radical (unpaired) electrons. The van der Waals surface area contributed by atoms with Crippen LogP contribution in [0, 0.1) is 0 Å². The van der Waals surface area contributed by atoms with E-state index in [1.54, 1.807) is 18.4 Å². The molecule has 0 aromatic carbocycles. The zero-order valence-electron chi connectivity index (χ0n) is 16.0. The summed E-state index contributed by atoms with van der Waals surface area (Å²) in [5.41, 5.74) is 1.32. The number of thiophene rings is 1. The van der Waals surface area contributed by atoms with Crippen molar-refractivity contribution < 1.29 is 18.0 Å². The normalized spacial score (nSPS) is 16.4. The van der Waals surface area contributed by atoms with Gasteiger partial charge in [0, 0.05) is 39.8 Å². The minimum absolute atomic E-state index is 0. The molecule has 0 unspecified atom stereocenters. The predicted molar refractivity (Wildman–Crippen MR) is 116 cm³/mol. The first-order valence-corrected chi connectivity index (χ1v) is 9.72. The molecule has 1 aliphatic heterocycles. The minimum atomic E-state index is -4.40. The van der Waals surface area contributed by atoms with Crippen molar-refractivity contribution in [1.82, 2.24) is 20.4 Å². The highest BCUT2D eigenvalue weighted by molar-refractivity contribution is 14.0. The van der Waals surface area contributed by atoms with E-state index < -0.39 is 18.6 Å². The third-order valence-corrected chi connectivity index (χ3v) is 5.12. The third-order valence-electron chi connectivity index (χ3n) is 4.39. The maximum atomic E-state index is 12.3. The highest BCUT2D eigenvalue weighted by atomic mass is 127. The van der Waals surface area contributed by atoms with Gasteiger partial charge in [-0.05, 0) is 35.2 Å². The molecule has 0 atom stereocenters. The lowest BCUT2D eigenvalue weighted by molar-refractivity contribution is -0.157. The minimum Gasteiger partial charge on any atom is -0.354 e. The van der Waals surface area contributed by atoms with Crippen molar-refractivity contribution in [2.45, 2.75) is 31.6 Å². The number of piperidine rings is 1. The number of likely N-dealkylation sites (tertiary alicyclic amines) is 1. The van der Waals surface area contributed by atoms with E-state index >= 15 is 0 Å². The molecule has 0 saturated carbocycles. The number of nitrogens with one attached hydrogen (secondary N) is 2. The Bertz CT molecular complexity index is 619. The van der Waals surface area contributed by atoms with Gasteiger partial charge in [-0.25, -0.2) is 0 Å². The van der Waals surface area contributed by atoms with Crippen molar-refractivity contribution in [2.24, 2.45) is 4.99 Å². The second-order valence-corrected chi connectivity index (χ2v) is 7.40. The van der Waals surface area contributed by atoms with Gasteiger partial charge < -0.3 is 15.5 Å². The Kier molecular flexibility index (Phi) is 10.5. The van der Waals surface area contributed by atoms with Crippen LogP contribution in [0.2, 0.25) is 0 Å². The monoisotopic (exact) mass is 533 g/mol. The Morgan fingerprint density at radius 1 is 1.39 bits per heavy atom. The van der Waals surface area contributed by atoms with Gasteiger partial charge in [0.15, 0.2) is 5.96 Å². The van der Waals surface area contributed by atoms with Gasteiger partial charge in [-0.15, -0.1) is 24.0 Å². The van der Waals surface area contributed by atoms with Crippen LogP contribution in [0.15, 0.2) is 21.8 Å². The second kappa shape index (κ2) is 11.8. The van der Waals surface area contributed by atoms with Crippen LogP contribution in [0.25, 0.3) is 0 Å². The SMILES string of the molecule is CN=C(NCC(=O)N(C)CC(F)(F)F)NC1CCN(Cc2ccsc2)CC1.I. The summed E-state index contributed by atoms with van der Waals surface area (Å²) in [6, 6.07) is 2.35. The van der Waals surface area contributed by atoms with Crippen molar-refractivity contribution >= 4 is 47.2 Å². The summed E-state index contributed by atoms with van der Waals surface area (Å²) < 4.78 is 37.0. The van der Waals surface area contributed by atoms with E-state index in [4.69, 9.17) is 0 Å². The molecule has 6 nitrogen and oxygen atoms in total. The largest absolute Gasteiger partial charge is 0.406 e. The van der Waals surface area contributed by atoms with E-state index in [-0.39, 0.29) is 36.6 Å². The lowest BCUT2D eigenvalue weighted by Gasteiger charge is -2.33. The summed E-state index contributed by atoms with van der Waals surface area (Å²) in [6.07, 6.45) is -2.53. The molecule has 1 saturated heterocycles. The molecule has 11 heteroatoms. The number of hydrogen-bond donors (Lipinski definition) is 2. The van der Waals surface area contributed by atoms with Crippen molar-refractivity contribution in [2.75, 3.05) is 40.3 Å². The summed E-state index contributed by atoms with van der Waals surface area (Å²) in [7, 11) is 2.71. The highest BCUT2D eigenvalue weighted by Gasteiger charge is 2.31. The summed E-state index contributed by atoms with van der Waals surface area (Å²) in [6.45, 7) is 1.37. The van der Waals surface area contributed by atoms with Crippen molar-refractivity contribution in [3.63, 3.8) is 0 Å². The number of halogens is 4. The number of amides is 1. The number of rotatable bonds is 6. The Morgan fingerprint density at radius 3 is 2.61 bits per heavy atom. The van der Waals surface area contributed by atoms with E-state index in [9.17, 15) is 18.0 Å². The van der Waals surface area contributed by atoms with Crippen LogP contribution in [0.3, 0.4) is 0 Å². The van der Waals surface area contributed by atoms with Gasteiger partial charge in [0.2, 0.25) is 5.91 Å². The summed E-state index contributed by atoms with van der Waals surface area (Å²) in [5, 5.41) is 10.3. The van der Waals surface area contributed by atoms with Crippen LogP contribution in [0.1, 0.15) is 18.4 Å². The molecule has 1 amide bonds. The molecule has 1 aromatic heterocycles. The number of likely N-dealkylation sites (N-methyl/N-ethyl adjacent to an activating group) is 1. The molecule has 1 fully saturated rings. The van der Waals surface area contributed by atoms with E-state index in [0.717, 1.165) is 39.5 Å². The molecular weight excluding hydrogens is 506 g/mol. The molecule has 2 N–H and O–H groups in total. The first-order chi connectivity index (χ1) is 12.8. The van der Waals surface area contributed by atoms with Gasteiger partial charge in [-0.3, -0.25) is 14.7 Å². The molecule has 2 heterocycles. The van der Waals surface area contributed by atoms with Crippen molar-refractivity contribution in [1.29, 1.82) is 0 Å². The Labute approximate surface area is 184 Å². The second-order valence-electron chi connectivity index (χ2n) is 6.62. The van der Waals surface area contributed by atoms with Gasteiger partial charge in [-0.1, -0.05) is 0 Å². The van der Waals surface area contributed by atoms with Crippen LogP contribution in [0.4, 0.5) is 13.2 Å². The van der Waals surface area contributed by atoms with E-state index in [0.29, 0.717) is 10.9 Å². The Morgan fingerprint density at radius 2 is 2.07 bits per heavy atom. The Balaban J connectivity index is 0.00000392. The topological polar surface area (TPSA) is 60.0 Å². The number of aliphatic imine (C=N–C) groups is 1. The van der Waals surface area contributed by atoms with E-state index in [1.165, 1.54) is 5.56 Å². The number of carbonyl (C=O) groups is 1. The number of alkyl halides is 3. The average molecular weight is 533 g/mol. The predicted octanol–water partition coefficient (Wildman–Crippen LogP) is 2.52. The van der Waals surface area contributed by atoms with Gasteiger partial charge in [-0.2, -0.15) is 24.5 Å². The fourth-order valence-corrected chi connectivity index (χ4v) is 3.58. The molecule has 2 rings (SSSR count). The van der Waals surface area contributed by atoms with E-state index in [2.05, 4.69) is 37.4 Å². The number of hydrogen-bond acceptors (Lipinski definition) is 4. The standard InChI is InChI=1S/C17H26F3N5OS.HI/c1-21-16(22-9-15(26)24(2)12-17(18,19)20)23-14-3-6-25(7-4-14)10-13-5-8-27-11-13;/h5,8,11,14H,3-4,6-7,9-10,12H2,1-2H3,(H2,21,22,23);1H. The molecule has 28 heavy (non-hydrogen) atoms. The molecule has 160 valence electrons. The average Bonchev–Trinajstić information content (AvgIpc) is 3.11. The summed E-state index contributed by atoms with van der Waals surface area (Å²) in [5.74, 6) is -0.207. The van der Waals surface area contributed by atoms with Crippen LogP contribution >= 0.6 is 35.3 Å². The third kappa shape index (κ3) is 8.95. The zero-order valence-corrected chi connectivity index (χ0v) is 19.1.